The van der Waals surface area contributed by atoms with Crippen molar-refractivity contribution < 1.29 is 0 Å². The molecule has 2 aromatic rings. The van der Waals surface area contributed by atoms with E-state index in [-0.39, 0.29) is 0 Å². The van der Waals surface area contributed by atoms with Crippen LogP contribution in [0.15, 0.2) is 34.8 Å². The molecule has 6 heteroatoms. The highest BCUT2D eigenvalue weighted by molar-refractivity contribution is 9.10. The normalized spacial score (nSPS) is 10.4. The summed E-state index contributed by atoms with van der Waals surface area (Å²) in [6.45, 7) is 0. The number of hydrogen-bond acceptors (Lipinski definition) is 2. The second kappa shape index (κ2) is 5.57. The number of nitrogens with two attached hydrogens (primary N) is 1. The summed E-state index contributed by atoms with van der Waals surface area (Å²) in [4.78, 5) is 0. The lowest BCUT2D eigenvalue weighted by Gasteiger charge is -2.12. The summed E-state index contributed by atoms with van der Waals surface area (Å²) < 4.78 is 0.834. The first-order chi connectivity index (χ1) is 8.47. The SMILES string of the molecule is Nc1cc(Cl)c(Cl)cc1Nc1ccc(Cl)cc1Br. The fraction of sp³-hybridized carbons (Fsp3) is 0. The molecule has 0 aromatic heterocycles. The molecule has 0 bridgehead atoms. The van der Waals surface area contributed by atoms with Crippen LogP contribution in [0, 0.1) is 0 Å². The second-order valence-electron chi connectivity index (χ2n) is 3.60. The first-order valence-corrected chi connectivity index (χ1v) is 6.86. The summed E-state index contributed by atoms with van der Waals surface area (Å²) in [5.74, 6) is 0. The highest BCUT2D eigenvalue weighted by Crippen LogP contribution is 2.35. The Morgan fingerprint density at radius 3 is 2.28 bits per heavy atom. The quantitative estimate of drug-likeness (QED) is 0.666. The van der Waals surface area contributed by atoms with Gasteiger partial charge in [-0.15, -0.1) is 0 Å². The number of halogens is 4. The Bertz CT molecular complexity index is 602. The molecule has 0 saturated heterocycles. The molecule has 94 valence electrons. The molecule has 0 aliphatic carbocycles. The third kappa shape index (κ3) is 3.04. The molecule has 0 aliphatic rings. The maximum atomic E-state index is 5.96. The lowest BCUT2D eigenvalue weighted by Crippen LogP contribution is -1.97. The fourth-order valence-electron chi connectivity index (χ4n) is 1.41. The van der Waals surface area contributed by atoms with E-state index in [4.69, 9.17) is 40.5 Å². The van der Waals surface area contributed by atoms with Crippen LogP contribution >= 0.6 is 50.7 Å². The lowest BCUT2D eigenvalue weighted by molar-refractivity contribution is 1.52. The molecule has 0 unspecified atom stereocenters. The van der Waals surface area contributed by atoms with Gasteiger partial charge in [0, 0.05) is 9.50 Å². The van der Waals surface area contributed by atoms with E-state index in [1.165, 1.54) is 0 Å². The van der Waals surface area contributed by atoms with Gasteiger partial charge in [-0.05, 0) is 46.3 Å². The van der Waals surface area contributed by atoms with Crippen molar-refractivity contribution >= 4 is 67.8 Å². The average Bonchev–Trinajstić information content (AvgIpc) is 2.29. The summed E-state index contributed by atoms with van der Waals surface area (Å²) in [6.07, 6.45) is 0. The zero-order chi connectivity index (χ0) is 13.3. The van der Waals surface area contributed by atoms with E-state index >= 15 is 0 Å². The Kier molecular flexibility index (Phi) is 4.28. The van der Waals surface area contributed by atoms with E-state index in [9.17, 15) is 0 Å². The van der Waals surface area contributed by atoms with Gasteiger partial charge in [-0.1, -0.05) is 34.8 Å². The first-order valence-electron chi connectivity index (χ1n) is 4.94. The summed E-state index contributed by atoms with van der Waals surface area (Å²) in [5.41, 5.74) is 7.92. The minimum absolute atomic E-state index is 0.426. The number of nitrogen functional groups attached to an aromatic ring is 1. The molecule has 0 radical (unpaired) electrons. The molecule has 2 aromatic carbocycles. The third-order valence-corrected chi connectivity index (χ3v) is 3.91. The Balaban J connectivity index is 2.37. The van der Waals surface area contributed by atoms with Crippen LogP contribution in [0.2, 0.25) is 15.1 Å². The van der Waals surface area contributed by atoms with Crippen molar-refractivity contribution in [3.8, 4) is 0 Å². The zero-order valence-corrected chi connectivity index (χ0v) is 12.8. The van der Waals surface area contributed by atoms with Gasteiger partial charge in [-0.25, -0.2) is 0 Å². The molecule has 0 amide bonds. The number of anilines is 3. The van der Waals surface area contributed by atoms with Crippen molar-refractivity contribution in [2.75, 3.05) is 11.1 Å². The highest BCUT2D eigenvalue weighted by atomic mass is 79.9. The maximum Gasteiger partial charge on any atom is 0.0634 e. The van der Waals surface area contributed by atoms with Crippen molar-refractivity contribution in [1.82, 2.24) is 0 Å². The van der Waals surface area contributed by atoms with Gasteiger partial charge in [0.1, 0.15) is 0 Å². The molecule has 0 fully saturated rings. The Hall–Kier alpha value is -0.610. The van der Waals surface area contributed by atoms with Crippen molar-refractivity contribution in [2.24, 2.45) is 0 Å². The minimum Gasteiger partial charge on any atom is -0.397 e. The summed E-state index contributed by atoms with van der Waals surface area (Å²) in [6, 6.07) is 8.70. The van der Waals surface area contributed by atoms with Gasteiger partial charge in [-0.2, -0.15) is 0 Å². The van der Waals surface area contributed by atoms with Gasteiger partial charge in [-0.3, -0.25) is 0 Å². The van der Waals surface area contributed by atoms with Crippen LogP contribution in [0.4, 0.5) is 17.1 Å². The van der Waals surface area contributed by atoms with Gasteiger partial charge in [0.2, 0.25) is 0 Å². The molecular formula is C12H8BrCl3N2. The van der Waals surface area contributed by atoms with Crippen LogP contribution in [0.1, 0.15) is 0 Å². The van der Waals surface area contributed by atoms with Gasteiger partial charge >= 0.3 is 0 Å². The van der Waals surface area contributed by atoms with Crippen molar-refractivity contribution in [2.45, 2.75) is 0 Å². The second-order valence-corrected chi connectivity index (χ2v) is 5.71. The van der Waals surface area contributed by atoms with Crippen molar-refractivity contribution in [3.63, 3.8) is 0 Å². The topological polar surface area (TPSA) is 38.0 Å². The van der Waals surface area contributed by atoms with Crippen LogP contribution in [0.3, 0.4) is 0 Å². The predicted molar refractivity (Wildman–Crippen MR) is 83.3 cm³/mol. The molecule has 0 aliphatic heterocycles. The summed E-state index contributed by atoms with van der Waals surface area (Å²) >= 11 is 21.1. The van der Waals surface area contributed by atoms with Crippen LogP contribution in [-0.2, 0) is 0 Å². The smallest absolute Gasteiger partial charge is 0.0634 e. The minimum atomic E-state index is 0.426. The number of hydrogen-bond donors (Lipinski definition) is 2. The van der Waals surface area contributed by atoms with E-state index in [1.807, 2.05) is 6.07 Å². The van der Waals surface area contributed by atoms with Crippen molar-refractivity contribution in [1.29, 1.82) is 0 Å². The number of benzene rings is 2. The molecule has 2 nitrogen and oxygen atoms in total. The average molecular weight is 366 g/mol. The standard InChI is InChI=1S/C12H8BrCl3N2/c13-7-3-6(14)1-2-11(7)18-12-5-9(16)8(15)4-10(12)17/h1-5,18H,17H2. The van der Waals surface area contributed by atoms with E-state index in [1.54, 1.807) is 24.3 Å². The van der Waals surface area contributed by atoms with Gasteiger partial charge < -0.3 is 11.1 Å². The third-order valence-electron chi connectivity index (χ3n) is 2.29. The molecule has 0 saturated carbocycles. The van der Waals surface area contributed by atoms with E-state index < -0.39 is 0 Å². The first kappa shape index (κ1) is 13.8. The maximum absolute atomic E-state index is 5.96. The Morgan fingerprint density at radius 1 is 0.944 bits per heavy atom. The van der Waals surface area contributed by atoms with Crippen LogP contribution in [0.5, 0.6) is 0 Å². The molecule has 2 rings (SSSR count). The van der Waals surface area contributed by atoms with Crippen LogP contribution < -0.4 is 11.1 Å². The summed E-state index contributed by atoms with van der Waals surface area (Å²) in [7, 11) is 0. The van der Waals surface area contributed by atoms with Gasteiger partial charge in [0.25, 0.3) is 0 Å². The Morgan fingerprint density at radius 2 is 1.61 bits per heavy atom. The summed E-state index contributed by atoms with van der Waals surface area (Å²) in [5, 5.41) is 4.68. The largest absolute Gasteiger partial charge is 0.397 e. The predicted octanol–water partition coefficient (Wildman–Crippen LogP) is 5.74. The van der Waals surface area contributed by atoms with E-state index in [0.717, 1.165) is 10.2 Å². The number of rotatable bonds is 2. The van der Waals surface area contributed by atoms with Crippen LogP contribution in [-0.4, -0.2) is 0 Å². The monoisotopic (exact) mass is 364 g/mol. The molecule has 0 heterocycles. The van der Waals surface area contributed by atoms with E-state index in [2.05, 4.69) is 21.2 Å². The number of nitrogens with one attached hydrogen (secondary N) is 1. The highest BCUT2D eigenvalue weighted by Gasteiger charge is 2.07. The zero-order valence-electron chi connectivity index (χ0n) is 8.98. The van der Waals surface area contributed by atoms with E-state index in [0.29, 0.717) is 26.4 Å². The molecule has 3 N–H and O–H groups in total. The van der Waals surface area contributed by atoms with Crippen molar-refractivity contribution in [3.05, 3.63) is 49.9 Å². The van der Waals surface area contributed by atoms with Crippen LogP contribution in [0.25, 0.3) is 0 Å². The van der Waals surface area contributed by atoms with Gasteiger partial charge in [0.15, 0.2) is 0 Å². The molecule has 0 spiro atoms. The molecule has 0 atom stereocenters. The lowest BCUT2D eigenvalue weighted by atomic mass is 10.2. The van der Waals surface area contributed by atoms with Gasteiger partial charge in [0.05, 0.1) is 27.1 Å². The molecular weight excluding hydrogens is 358 g/mol. The fourth-order valence-corrected chi connectivity index (χ4v) is 2.52. The Labute approximate surface area is 128 Å². The molecule has 18 heavy (non-hydrogen) atoms.